The van der Waals surface area contributed by atoms with Crippen LogP contribution in [0.3, 0.4) is 0 Å². The van der Waals surface area contributed by atoms with Crippen LogP contribution in [0.2, 0.25) is 0 Å². The summed E-state index contributed by atoms with van der Waals surface area (Å²) in [6, 6.07) is 1.76. The predicted molar refractivity (Wildman–Crippen MR) is 67.4 cm³/mol. The second kappa shape index (κ2) is 4.67. The van der Waals surface area contributed by atoms with Gasteiger partial charge in [0, 0.05) is 22.6 Å². The molecule has 0 aromatic carbocycles. The fourth-order valence-electron chi connectivity index (χ4n) is 3.59. The van der Waals surface area contributed by atoms with Gasteiger partial charge in [-0.25, -0.2) is 0 Å². The molecule has 3 aliphatic rings. The van der Waals surface area contributed by atoms with Crippen LogP contribution in [0.15, 0.2) is 0 Å². The third kappa shape index (κ3) is 2.52. The second-order valence-electron chi connectivity index (χ2n) is 5.63. The molecule has 1 nitrogen and oxygen atoms in total. The van der Waals surface area contributed by atoms with Gasteiger partial charge >= 0.3 is 0 Å². The Balaban J connectivity index is 1.50. The first-order chi connectivity index (χ1) is 7.40. The molecule has 86 valence electrons. The number of piperidine rings is 1. The maximum absolute atomic E-state index is 3.74. The number of nitrogens with one attached hydrogen (secondary N) is 1. The van der Waals surface area contributed by atoms with Crippen LogP contribution in [-0.2, 0) is 0 Å². The Kier molecular flexibility index (Phi) is 3.25. The summed E-state index contributed by atoms with van der Waals surface area (Å²) in [7, 11) is 0. The van der Waals surface area contributed by atoms with E-state index in [9.17, 15) is 0 Å². The van der Waals surface area contributed by atoms with Crippen LogP contribution in [-0.4, -0.2) is 22.6 Å². The Labute approximate surface area is 97.8 Å². The molecule has 2 saturated heterocycles. The van der Waals surface area contributed by atoms with E-state index in [-0.39, 0.29) is 0 Å². The molecule has 3 fully saturated rings. The molecule has 2 bridgehead atoms. The molecule has 15 heavy (non-hydrogen) atoms. The van der Waals surface area contributed by atoms with E-state index in [2.05, 4.69) is 17.1 Å². The Morgan fingerprint density at radius 2 is 1.40 bits per heavy atom. The predicted octanol–water partition coefficient (Wildman–Crippen LogP) is 3.34. The zero-order chi connectivity index (χ0) is 10.1. The van der Waals surface area contributed by atoms with Crippen molar-refractivity contribution in [3.05, 3.63) is 0 Å². The van der Waals surface area contributed by atoms with E-state index in [0.717, 1.165) is 22.6 Å². The van der Waals surface area contributed by atoms with Gasteiger partial charge in [0.25, 0.3) is 0 Å². The fraction of sp³-hybridized carbons (Fsp3) is 1.00. The molecule has 2 atom stereocenters. The standard InChI is InChI=1S/C13H23NS/c1-2-4-12(5-3-1)15-13-8-10-6-7-11(9-13)14-10/h10-14H,1-9H2/t10-,11-/m1/s1. The van der Waals surface area contributed by atoms with Gasteiger partial charge in [0.15, 0.2) is 0 Å². The van der Waals surface area contributed by atoms with Crippen molar-refractivity contribution in [3.8, 4) is 0 Å². The molecule has 0 radical (unpaired) electrons. The van der Waals surface area contributed by atoms with Crippen molar-refractivity contribution in [2.24, 2.45) is 0 Å². The fourth-order valence-corrected chi connectivity index (χ4v) is 5.43. The molecule has 0 aromatic heterocycles. The van der Waals surface area contributed by atoms with Gasteiger partial charge < -0.3 is 5.32 Å². The maximum atomic E-state index is 3.74. The summed E-state index contributed by atoms with van der Waals surface area (Å²) < 4.78 is 0. The van der Waals surface area contributed by atoms with Gasteiger partial charge in [-0.05, 0) is 38.5 Å². The summed E-state index contributed by atoms with van der Waals surface area (Å²) in [4.78, 5) is 0. The van der Waals surface area contributed by atoms with Crippen molar-refractivity contribution in [2.45, 2.75) is 80.4 Å². The zero-order valence-corrected chi connectivity index (χ0v) is 10.4. The van der Waals surface area contributed by atoms with Gasteiger partial charge in [-0.1, -0.05) is 19.3 Å². The van der Waals surface area contributed by atoms with E-state index in [1.54, 1.807) is 0 Å². The van der Waals surface area contributed by atoms with Crippen LogP contribution < -0.4 is 5.32 Å². The van der Waals surface area contributed by atoms with Crippen molar-refractivity contribution in [2.75, 3.05) is 0 Å². The molecular weight excluding hydrogens is 202 g/mol. The minimum absolute atomic E-state index is 0.879. The highest BCUT2D eigenvalue weighted by Gasteiger charge is 2.34. The molecule has 1 aliphatic carbocycles. The second-order valence-corrected chi connectivity index (χ2v) is 7.23. The molecule has 2 heteroatoms. The third-order valence-electron chi connectivity index (χ3n) is 4.37. The molecule has 2 aliphatic heterocycles. The molecule has 2 heterocycles. The number of hydrogen-bond donors (Lipinski definition) is 1. The first-order valence-corrected chi connectivity index (χ1v) is 7.76. The van der Waals surface area contributed by atoms with Gasteiger partial charge in [-0.2, -0.15) is 11.8 Å². The molecule has 0 unspecified atom stereocenters. The molecule has 1 N–H and O–H groups in total. The lowest BCUT2D eigenvalue weighted by Crippen LogP contribution is -2.39. The van der Waals surface area contributed by atoms with E-state index in [1.807, 2.05) is 0 Å². The van der Waals surface area contributed by atoms with Crippen LogP contribution in [0.5, 0.6) is 0 Å². The molecule has 1 saturated carbocycles. The average Bonchev–Trinajstić information content (AvgIpc) is 2.60. The quantitative estimate of drug-likeness (QED) is 0.773. The van der Waals surface area contributed by atoms with E-state index < -0.39 is 0 Å². The Hall–Kier alpha value is 0.310. The topological polar surface area (TPSA) is 12.0 Å². The highest BCUT2D eigenvalue weighted by atomic mass is 32.2. The summed E-state index contributed by atoms with van der Waals surface area (Å²) in [5, 5.41) is 5.75. The Morgan fingerprint density at radius 1 is 0.733 bits per heavy atom. The number of rotatable bonds is 2. The summed E-state index contributed by atoms with van der Waals surface area (Å²) >= 11 is 2.35. The highest BCUT2D eigenvalue weighted by molar-refractivity contribution is 8.00. The molecule has 0 amide bonds. The van der Waals surface area contributed by atoms with Crippen LogP contribution in [0.25, 0.3) is 0 Å². The lowest BCUT2D eigenvalue weighted by Gasteiger charge is -2.32. The zero-order valence-electron chi connectivity index (χ0n) is 9.58. The van der Waals surface area contributed by atoms with Gasteiger partial charge in [-0.15, -0.1) is 0 Å². The van der Waals surface area contributed by atoms with Crippen LogP contribution in [0, 0.1) is 0 Å². The summed E-state index contributed by atoms with van der Waals surface area (Å²) in [5.41, 5.74) is 0. The van der Waals surface area contributed by atoms with Crippen LogP contribution in [0.1, 0.15) is 57.8 Å². The van der Waals surface area contributed by atoms with Crippen LogP contribution >= 0.6 is 11.8 Å². The van der Waals surface area contributed by atoms with Crippen LogP contribution in [0.4, 0.5) is 0 Å². The lowest BCUT2D eigenvalue weighted by molar-refractivity contribution is 0.412. The Bertz CT molecular complexity index is 201. The molecule has 0 spiro atoms. The monoisotopic (exact) mass is 225 g/mol. The van der Waals surface area contributed by atoms with Gasteiger partial charge in [0.05, 0.1) is 0 Å². The maximum Gasteiger partial charge on any atom is 0.00807 e. The average molecular weight is 225 g/mol. The first-order valence-electron chi connectivity index (χ1n) is 6.81. The smallest absolute Gasteiger partial charge is 0.00807 e. The largest absolute Gasteiger partial charge is 0.311 e. The van der Waals surface area contributed by atoms with Gasteiger partial charge in [0.2, 0.25) is 0 Å². The van der Waals surface area contributed by atoms with Crippen molar-refractivity contribution < 1.29 is 0 Å². The van der Waals surface area contributed by atoms with Crippen molar-refractivity contribution in [1.82, 2.24) is 5.32 Å². The molecule has 0 aromatic rings. The van der Waals surface area contributed by atoms with Crippen molar-refractivity contribution in [1.29, 1.82) is 0 Å². The summed E-state index contributed by atoms with van der Waals surface area (Å²) in [6.07, 6.45) is 13.3. The highest BCUT2D eigenvalue weighted by Crippen LogP contribution is 2.39. The number of hydrogen-bond acceptors (Lipinski definition) is 2. The van der Waals surface area contributed by atoms with E-state index in [0.29, 0.717) is 0 Å². The summed E-state index contributed by atoms with van der Waals surface area (Å²) in [6.45, 7) is 0. The normalized spacial score (nSPS) is 42.0. The first kappa shape index (κ1) is 10.5. The van der Waals surface area contributed by atoms with E-state index >= 15 is 0 Å². The van der Waals surface area contributed by atoms with Gasteiger partial charge in [-0.3, -0.25) is 0 Å². The number of fused-ring (bicyclic) bond motifs is 2. The minimum Gasteiger partial charge on any atom is -0.311 e. The van der Waals surface area contributed by atoms with Gasteiger partial charge in [0.1, 0.15) is 0 Å². The summed E-state index contributed by atoms with van der Waals surface area (Å²) in [5.74, 6) is 0. The third-order valence-corrected chi connectivity index (χ3v) is 5.99. The number of thioether (sulfide) groups is 1. The SMILES string of the molecule is C1CCC(SC2C[C@H]3CC[C@H](C2)N3)CC1. The molecule has 3 rings (SSSR count). The van der Waals surface area contributed by atoms with Crippen molar-refractivity contribution in [3.63, 3.8) is 0 Å². The Morgan fingerprint density at radius 3 is 2.07 bits per heavy atom. The molecular formula is C13H23NS. The lowest BCUT2D eigenvalue weighted by atomic mass is 10.0. The van der Waals surface area contributed by atoms with Crippen molar-refractivity contribution >= 4 is 11.8 Å². The van der Waals surface area contributed by atoms with E-state index in [4.69, 9.17) is 0 Å². The minimum atomic E-state index is 0.879. The van der Waals surface area contributed by atoms with E-state index in [1.165, 1.54) is 57.8 Å².